The van der Waals surface area contributed by atoms with E-state index < -0.39 is 5.54 Å². The van der Waals surface area contributed by atoms with Crippen molar-refractivity contribution in [2.24, 2.45) is 5.92 Å². The molecule has 1 unspecified atom stereocenters. The minimum atomic E-state index is -0.748. The van der Waals surface area contributed by atoms with Crippen LogP contribution in [0, 0.1) is 5.92 Å². The number of carbonyl (C=O) groups excluding carboxylic acids is 2. The highest BCUT2D eigenvalue weighted by Gasteiger charge is 2.50. The number of H-pyrrole nitrogens is 1. The van der Waals surface area contributed by atoms with Crippen LogP contribution in [0.2, 0.25) is 0 Å². The predicted octanol–water partition coefficient (Wildman–Crippen LogP) is 1.87. The summed E-state index contributed by atoms with van der Waals surface area (Å²) in [6, 6.07) is 5.43. The first-order valence-corrected chi connectivity index (χ1v) is 9.05. The molecule has 2 aromatic rings. The quantitative estimate of drug-likeness (QED) is 0.709. The van der Waals surface area contributed by atoms with E-state index in [1.807, 2.05) is 25.1 Å². The van der Waals surface area contributed by atoms with Crippen LogP contribution in [0.4, 0.5) is 4.79 Å². The van der Waals surface area contributed by atoms with E-state index in [0.717, 1.165) is 49.7 Å². The number of imide groups is 1. The molecule has 0 bridgehead atoms. The molecule has 4 rings (SSSR count). The van der Waals surface area contributed by atoms with Crippen molar-refractivity contribution in [1.82, 2.24) is 25.7 Å². The van der Waals surface area contributed by atoms with Crippen LogP contribution in [0.1, 0.15) is 31.9 Å². The maximum atomic E-state index is 12.3. The largest absolute Gasteiger partial charge is 0.458 e. The zero-order chi connectivity index (χ0) is 18.1. The van der Waals surface area contributed by atoms with Gasteiger partial charge in [-0.1, -0.05) is 6.92 Å². The molecule has 2 aliphatic rings. The normalized spacial score (nSPS) is 24.7. The Morgan fingerprint density at radius 3 is 2.69 bits per heavy atom. The molecule has 8 nitrogen and oxygen atoms in total. The van der Waals surface area contributed by atoms with Gasteiger partial charge in [-0.05, 0) is 56.5 Å². The van der Waals surface area contributed by atoms with Crippen molar-refractivity contribution in [1.29, 1.82) is 0 Å². The third-order valence-electron chi connectivity index (χ3n) is 5.62. The van der Waals surface area contributed by atoms with E-state index in [0.29, 0.717) is 6.42 Å². The Morgan fingerprint density at radius 1 is 1.27 bits per heavy atom. The zero-order valence-electron chi connectivity index (χ0n) is 14.7. The van der Waals surface area contributed by atoms with Crippen LogP contribution in [-0.2, 0) is 11.3 Å². The molecule has 0 aliphatic carbocycles. The summed E-state index contributed by atoms with van der Waals surface area (Å²) >= 11 is 0. The molecule has 138 valence electrons. The molecule has 2 saturated heterocycles. The smallest absolute Gasteiger partial charge is 0.322 e. The molecule has 3 N–H and O–H groups in total. The van der Waals surface area contributed by atoms with Crippen LogP contribution in [0.5, 0.6) is 0 Å². The predicted molar refractivity (Wildman–Crippen MR) is 94.0 cm³/mol. The van der Waals surface area contributed by atoms with Crippen LogP contribution in [0.3, 0.4) is 0 Å². The molecular formula is C18H23N5O3. The summed E-state index contributed by atoms with van der Waals surface area (Å²) in [5, 5.41) is 12.1. The molecule has 1 atom stereocenters. The number of nitrogens with one attached hydrogen (secondary N) is 3. The van der Waals surface area contributed by atoms with Crippen LogP contribution < -0.4 is 10.6 Å². The van der Waals surface area contributed by atoms with E-state index in [1.54, 1.807) is 6.20 Å². The molecule has 0 aromatic carbocycles. The molecule has 2 aromatic heterocycles. The second-order valence-electron chi connectivity index (χ2n) is 7.02. The maximum absolute atomic E-state index is 12.3. The van der Waals surface area contributed by atoms with E-state index in [2.05, 4.69) is 25.7 Å². The molecular weight excluding hydrogens is 334 g/mol. The standard InChI is InChI=1S/C18H23N5O3/c1-2-18(16(24)20-17(25)21-18)12-6-9-23(10-7-12)11-13-3-4-15(26-13)14-5-8-19-22-14/h3-5,8,12H,2,6-7,9-11H2,1H3,(H,19,22)(H2,20,21,24,25). The van der Waals surface area contributed by atoms with E-state index in [9.17, 15) is 9.59 Å². The Balaban J connectivity index is 1.37. The molecule has 3 amide bonds. The van der Waals surface area contributed by atoms with Crippen molar-refractivity contribution < 1.29 is 14.0 Å². The summed E-state index contributed by atoms with van der Waals surface area (Å²) in [6.45, 7) is 4.43. The number of hydrogen-bond acceptors (Lipinski definition) is 5. The summed E-state index contributed by atoms with van der Waals surface area (Å²) in [5.41, 5.74) is 0.115. The molecule has 0 saturated carbocycles. The number of nitrogens with zero attached hydrogens (tertiary/aromatic N) is 2. The summed E-state index contributed by atoms with van der Waals surface area (Å²) in [6.07, 6.45) is 4.05. The lowest BCUT2D eigenvalue weighted by Gasteiger charge is -2.40. The second kappa shape index (κ2) is 6.60. The van der Waals surface area contributed by atoms with Gasteiger partial charge in [0.25, 0.3) is 5.91 Å². The average Bonchev–Trinajstić information content (AvgIpc) is 3.36. The summed E-state index contributed by atoms with van der Waals surface area (Å²) < 4.78 is 5.90. The third-order valence-corrected chi connectivity index (χ3v) is 5.62. The minimum absolute atomic E-state index is 0.160. The second-order valence-corrected chi connectivity index (χ2v) is 7.02. The Labute approximate surface area is 151 Å². The fourth-order valence-electron chi connectivity index (χ4n) is 4.14. The average molecular weight is 357 g/mol. The van der Waals surface area contributed by atoms with Gasteiger partial charge in [0, 0.05) is 6.20 Å². The first kappa shape index (κ1) is 16.8. The van der Waals surface area contributed by atoms with Gasteiger partial charge in [-0.3, -0.25) is 20.1 Å². The number of carbonyl (C=O) groups is 2. The number of rotatable bonds is 5. The highest BCUT2D eigenvalue weighted by Crippen LogP contribution is 2.34. The van der Waals surface area contributed by atoms with Gasteiger partial charge < -0.3 is 9.73 Å². The van der Waals surface area contributed by atoms with Crippen molar-refractivity contribution in [3.63, 3.8) is 0 Å². The Morgan fingerprint density at radius 2 is 2.08 bits per heavy atom. The number of urea groups is 1. The van der Waals surface area contributed by atoms with Crippen LogP contribution in [0.15, 0.2) is 28.8 Å². The van der Waals surface area contributed by atoms with Gasteiger partial charge in [-0.2, -0.15) is 5.10 Å². The number of piperidine rings is 1. The topological polar surface area (TPSA) is 103 Å². The lowest BCUT2D eigenvalue weighted by molar-refractivity contribution is -0.126. The first-order chi connectivity index (χ1) is 12.6. The summed E-state index contributed by atoms with van der Waals surface area (Å²) in [5.74, 6) is 1.67. The van der Waals surface area contributed by atoms with Crippen LogP contribution >= 0.6 is 0 Å². The minimum Gasteiger partial charge on any atom is -0.458 e. The van der Waals surface area contributed by atoms with Crippen LogP contribution in [0.25, 0.3) is 11.5 Å². The molecule has 8 heteroatoms. The fourth-order valence-corrected chi connectivity index (χ4v) is 4.14. The van der Waals surface area contributed by atoms with E-state index in [-0.39, 0.29) is 17.9 Å². The van der Waals surface area contributed by atoms with Crippen molar-refractivity contribution in [3.8, 4) is 11.5 Å². The Kier molecular flexibility index (Phi) is 4.28. The molecule has 0 spiro atoms. The molecule has 2 fully saturated rings. The number of amides is 3. The van der Waals surface area contributed by atoms with Gasteiger partial charge in [-0.15, -0.1) is 0 Å². The molecule has 4 heterocycles. The molecule has 0 radical (unpaired) electrons. The highest BCUT2D eigenvalue weighted by molar-refractivity contribution is 6.07. The van der Waals surface area contributed by atoms with Crippen molar-refractivity contribution in [2.75, 3.05) is 13.1 Å². The van der Waals surface area contributed by atoms with Gasteiger partial charge in [0.05, 0.1) is 6.54 Å². The van der Waals surface area contributed by atoms with Gasteiger partial charge in [-0.25, -0.2) is 4.79 Å². The number of aromatic amines is 1. The monoisotopic (exact) mass is 357 g/mol. The molecule has 26 heavy (non-hydrogen) atoms. The number of likely N-dealkylation sites (tertiary alicyclic amines) is 1. The van der Waals surface area contributed by atoms with Crippen molar-refractivity contribution in [3.05, 3.63) is 30.2 Å². The Hall–Kier alpha value is -2.61. The lowest BCUT2D eigenvalue weighted by atomic mass is 9.76. The SMILES string of the molecule is CCC1(C2CCN(Cc3ccc(-c4ccn[nH]4)o3)CC2)NC(=O)NC1=O. The van der Waals surface area contributed by atoms with Gasteiger partial charge >= 0.3 is 6.03 Å². The van der Waals surface area contributed by atoms with Gasteiger partial charge in [0.2, 0.25) is 0 Å². The van der Waals surface area contributed by atoms with Crippen molar-refractivity contribution in [2.45, 2.75) is 38.3 Å². The summed E-state index contributed by atoms with van der Waals surface area (Å²) in [7, 11) is 0. The third kappa shape index (κ3) is 2.90. The lowest BCUT2D eigenvalue weighted by Crippen LogP contribution is -2.55. The fraction of sp³-hybridized carbons (Fsp3) is 0.500. The van der Waals surface area contributed by atoms with E-state index in [1.165, 1.54) is 0 Å². The highest BCUT2D eigenvalue weighted by atomic mass is 16.3. The van der Waals surface area contributed by atoms with Gasteiger partial charge in [0.15, 0.2) is 5.76 Å². The first-order valence-electron chi connectivity index (χ1n) is 9.05. The zero-order valence-corrected chi connectivity index (χ0v) is 14.7. The number of furan rings is 1. The maximum Gasteiger partial charge on any atom is 0.322 e. The van der Waals surface area contributed by atoms with Crippen LogP contribution in [-0.4, -0.2) is 45.7 Å². The van der Waals surface area contributed by atoms with Gasteiger partial charge in [0.1, 0.15) is 17.0 Å². The number of hydrogen-bond donors (Lipinski definition) is 3. The Bertz CT molecular complexity index is 792. The van der Waals surface area contributed by atoms with E-state index >= 15 is 0 Å². The van der Waals surface area contributed by atoms with E-state index in [4.69, 9.17) is 4.42 Å². The number of aromatic nitrogens is 2. The molecule has 2 aliphatic heterocycles. The van der Waals surface area contributed by atoms with Crippen molar-refractivity contribution >= 4 is 11.9 Å². The summed E-state index contributed by atoms with van der Waals surface area (Å²) in [4.78, 5) is 26.2.